The molecule has 0 aromatic heterocycles. The summed E-state index contributed by atoms with van der Waals surface area (Å²) in [6.07, 6.45) is 0. The Labute approximate surface area is 98.7 Å². The molecule has 1 unspecified atom stereocenters. The van der Waals surface area contributed by atoms with Crippen LogP contribution in [0.1, 0.15) is 18.4 Å². The predicted octanol–water partition coefficient (Wildman–Crippen LogP) is 2.86. The highest BCUT2D eigenvalue weighted by molar-refractivity contribution is 6.11. The molecule has 0 N–H and O–H groups in total. The molecule has 0 spiro atoms. The van der Waals surface area contributed by atoms with Crippen molar-refractivity contribution >= 4 is 22.5 Å². The van der Waals surface area contributed by atoms with Crippen LogP contribution in [0.5, 0.6) is 0 Å². The number of fused-ring (bicyclic) bond motifs is 1. The van der Waals surface area contributed by atoms with E-state index in [1.807, 2.05) is 49.4 Å². The van der Waals surface area contributed by atoms with Crippen LogP contribution in [0.2, 0.25) is 0 Å². The molecule has 0 amide bonds. The topological polar surface area (TPSA) is 38.7 Å². The zero-order valence-electron chi connectivity index (χ0n) is 9.38. The van der Waals surface area contributed by atoms with Crippen molar-refractivity contribution in [1.82, 2.24) is 0 Å². The molecule has 1 aliphatic heterocycles. The first kappa shape index (κ1) is 10.0. The molecule has 0 bridgehead atoms. The Hall–Kier alpha value is -2.16. The highest BCUT2D eigenvalue weighted by atomic mass is 16.7. The van der Waals surface area contributed by atoms with Gasteiger partial charge >= 0.3 is 5.97 Å². The molecule has 0 radical (unpaired) electrons. The Balaban J connectivity index is 2.24. The molecule has 3 rings (SSSR count). The number of rotatable bonds is 1. The van der Waals surface area contributed by atoms with E-state index in [1.165, 1.54) is 0 Å². The molecule has 1 atom stereocenters. The maximum Gasteiger partial charge on any atom is 0.348 e. The van der Waals surface area contributed by atoms with Gasteiger partial charge in [0.15, 0.2) is 0 Å². The van der Waals surface area contributed by atoms with Gasteiger partial charge < -0.3 is 4.84 Å². The fourth-order valence-corrected chi connectivity index (χ4v) is 2.25. The maximum atomic E-state index is 11.7. The quantitative estimate of drug-likeness (QED) is 0.700. The first-order valence-electron chi connectivity index (χ1n) is 5.50. The lowest BCUT2D eigenvalue weighted by atomic mass is 9.91. The van der Waals surface area contributed by atoms with E-state index in [0.29, 0.717) is 5.71 Å². The van der Waals surface area contributed by atoms with Crippen molar-refractivity contribution in [3.63, 3.8) is 0 Å². The Morgan fingerprint density at radius 1 is 1.12 bits per heavy atom. The molecule has 1 heterocycles. The highest BCUT2D eigenvalue weighted by Crippen LogP contribution is 2.30. The van der Waals surface area contributed by atoms with E-state index in [9.17, 15) is 4.79 Å². The average molecular weight is 225 g/mol. The summed E-state index contributed by atoms with van der Waals surface area (Å²) in [5.74, 6) is -0.653. The van der Waals surface area contributed by atoms with Gasteiger partial charge in [0.25, 0.3) is 0 Å². The van der Waals surface area contributed by atoms with E-state index in [2.05, 4.69) is 5.16 Å². The zero-order valence-corrected chi connectivity index (χ0v) is 9.38. The third-order valence-corrected chi connectivity index (χ3v) is 3.07. The molecule has 17 heavy (non-hydrogen) atoms. The third-order valence-electron chi connectivity index (χ3n) is 3.07. The summed E-state index contributed by atoms with van der Waals surface area (Å²) in [4.78, 5) is 16.4. The maximum absolute atomic E-state index is 11.7. The van der Waals surface area contributed by atoms with Crippen molar-refractivity contribution in [2.75, 3.05) is 0 Å². The number of carbonyl (C=O) groups is 1. The van der Waals surface area contributed by atoms with Crippen molar-refractivity contribution in [2.45, 2.75) is 12.8 Å². The number of carbonyl (C=O) groups excluding carboxylic acids is 1. The summed E-state index contributed by atoms with van der Waals surface area (Å²) in [5.41, 5.74) is 1.68. The van der Waals surface area contributed by atoms with Crippen LogP contribution in [0.25, 0.3) is 10.8 Å². The van der Waals surface area contributed by atoms with Crippen LogP contribution in [-0.4, -0.2) is 11.7 Å². The van der Waals surface area contributed by atoms with E-state index < -0.39 is 0 Å². The molecule has 2 aromatic carbocycles. The monoisotopic (exact) mass is 225 g/mol. The van der Waals surface area contributed by atoms with E-state index in [-0.39, 0.29) is 11.9 Å². The average Bonchev–Trinajstić information content (AvgIpc) is 2.69. The van der Waals surface area contributed by atoms with Crippen LogP contribution in [0.15, 0.2) is 47.6 Å². The highest BCUT2D eigenvalue weighted by Gasteiger charge is 2.32. The van der Waals surface area contributed by atoms with Crippen molar-refractivity contribution in [1.29, 1.82) is 0 Å². The molecule has 3 nitrogen and oxygen atoms in total. The molecule has 0 saturated carbocycles. The van der Waals surface area contributed by atoms with Gasteiger partial charge in [0.1, 0.15) is 5.92 Å². The van der Waals surface area contributed by atoms with E-state index in [1.54, 1.807) is 0 Å². The second kappa shape index (κ2) is 3.70. The van der Waals surface area contributed by atoms with Gasteiger partial charge in [-0.1, -0.05) is 47.6 Å². The minimum absolute atomic E-state index is 0.293. The molecular weight excluding hydrogens is 214 g/mol. The van der Waals surface area contributed by atoms with Crippen LogP contribution >= 0.6 is 0 Å². The largest absolute Gasteiger partial charge is 0.348 e. The van der Waals surface area contributed by atoms with Gasteiger partial charge in [-0.3, -0.25) is 0 Å². The molecule has 0 fully saturated rings. The normalized spacial score (nSPS) is 19.2. The second-order valence-corrected chi connectivity index (χ2v) is 4.14. The van der Waals surface area contributed by atoms with Gasteiger partial charge in [-0.25, -0.2) is 4.79 Å². The minimum Gasteiger partial charge on any atom is -0.317 e. The summed E-state index contributed by atoms with van der Waals surface area (Å²) in [5, 5.41) is 5.95. The van der Waals surface area contributed by atoms with Crippen molar-refractivity contribution < 1.29 is 9.63 Å². The summed E-state index contributed by atoms with van der Waals surface area (Å²) in [6.45, 7) is 1.82. The summed E-state index contributed by atoms with van der Waals surface area (Å²) >= 11 is 0. The molecule has 84 valence electrons. The lowest BCUT2D eigenvalue weighted by Crippen LogP contribution is -2.14. The summed E-state index contributed by atoms with van der Waals surface area (Å²) in [6, 6.07) is 14.0. The van der Waals surface area contributed by atoms with Crippen molar-refractivity contribution in [3.05, 3.63) is 48.0 Å². The fraction of sp³-hybridized carbons (Fsp3) is 0.143. The van der Waals surface area contributed by atoms with Crippen LogP contribution in [-0.2, 0) is 9.63 Å². The Morgan fingerprint density at radius 2 is 1.88 bits per heavy atom. The first-order chi connectivity index (χ1) is 8.27. The van der Waals surface area contributed by atoms with Crippen LogP contribution < -0.4 is 0 Å². The molecular formula is C14H11NO2. The standard InChI is InChI=1S/C14H11NO2/c1-9-13(14(16)17-15-9)12-8-4-6-10-5-2-3-7-11(10)12/h2-8,13H,1H3. The number of hydrogen-bond donors (Lipinski definition) is 0. The molecule has 0 aliphatic carbocycles. The third kappa shape index (κ3) is 1.51. The van der Waals surface area contributed by atoms with Gasteiger partial charge in [-0.15, -0.1) is 0 Å². The molecule has 2 aromatic rings. The van der Waals surface area contributed by atoms with Gasteiger partial charge in [-0.05, 0) is 23.3 Å². The van der Waals surface area contributed by atoms with E-state index in [4.69, 9.17) is 4.84 Å². The lowest BCUT2D eigenvalue weighted by Gasteiger charge is -2.10. The first-order valence-corrected chi connectivity index (χ1v) is 5.50. The Kier molecular flexibility index (Phi) is 2.18. The van der Waals surface area contributed by atoms with Crippen molar-refractivity contribution in [2.24, 2.45) is 5.16 Å². The Bertz CT molecular complexity index is 626. The van der Waals surface area contributed by atoms with Crippen LogP contribution in [0.3, 0.4) is 0 Å². The Morgan fingerprint density at radius 3 is 2.65 bits per heavy atom. The van der Waals surface area contributed by atoms with Crippen LogP contribution in [0, 0.1) is 0 Å². The zero-order chi connectivity index (χ0) is 11.8. The van der Waals surface area contributed by atoms with Gasteiger partial charge in [0, 0.05) is 0 Å². The SMILES string of the molecule is CC1=NOC(=O)C1c1cccc2ccccc12. The summed E-state index contributed by atoms with van der Waals surface area (Å²) in [7, 11) is 0. The predicted molar refractivity (Wildman–Crippen MR) is 65.9 cm³/mol. The van der Waals surface area contributed by atoms with Gasteiger partial charge in [0.05, 0.1) is 5.71 Å². The smallest absolute Gasteiger partial charge is 0.317 e. The molecule has 0 saturated heterocycles. The number of oxime groups is 1. The summed E-state index contributed by atoms with van der Waals surface area (Å²) < 4.78 is 0. The minimum atomic E-state index is -0.360. The number of nitrogens with zero attached hydrogens (tertiary/aromatic N) is 1. The van der Waals surface area contributed by atoms with Crippen LogP contribution in [0.4, 0.5) is 0 Å². The van der Waals surface area contributed by atoms with Gasteiger partial charge in [0.2, 0.25) is 0 Å². The second-order valence-electron chi connectivity index (χ2n) is 4.14. The fourth-order valence-electron chi connectivity index (χ4n) is 2.25. The molecule has 3 heteroatoms. The van der Waals surface area contributed by atoms with Gasteiger partial charge in [-0.2, -0.15) is 0 Å². The molecule has 1 aliphatic rings. The number of benzene rings is 2. The van der Waals surface area contributed by atoms with Crippen molar-refractivity contribution in [3.8, 4) is 0 Å². The van der Waals surface area contributed by atoms with E-state index in [0.717, 1.165) is 16.3 Å². The van der Waals surface area contributed by atoms with E-state index >= 15 is 0 Å². The lowest BCUT2D eigenvalue weighted by molar-refractivity contribution is -0.141. The number of hydrogen-bond acceptors (Lipinski definition) is 3.